The van der Waals surface area contributed by atoms with Gasteiger partial charge in [0.05, 0.1) is 6.54 Å². The molecule has 5 heteroatoms. The quantitative estimate of drug-likeness (QED) is 0.833. The molecule has 18 heavy (non-hydrogen) atoms. The fourth-order valence-corrected chi connectivity index (χ4v) is 2.02. The fourth-order valence-electron chi connectivity index (χ4n) is 2.02. The summed E-state index contributed by atoms with van der Waals surface area (Å²) in [5, 5.41) is 2.68. The maximum Gasteiger partial charge on any atom is 0.248 e. The van der Waals surface area contributed by atoms with Gasteiger partial charge in [-0.15, -0.1) is 0 Å². The van der Waals surface area contributed by atoms with Crippen LogP contribution in [-0.4, -0.2) is 33.8 Å². The van der Waals surface area contributed by atoms with E-state index in [1.807, 2.05) is 19.1 Å². The van der Waals surface area contributed by atoms with Gasteiger partial charge in [0, 0.05) is 18.4 Å². The van der Waals surface area contributed by atoms with E-state index in [9.17, 15) is 9.59 Å². The fraction of sp³-hybridized carbons (Fsp3) is 0.462. The maximum atomic E-state index is 12.2. The van der Waals surface area contributed by atoms with Gasteiger partial charge in [0.25, 0.3) is 0 Å². The smallest absolute Gasteiger partial charge is 0.248 e. The first kappa shape index (κ1) is 12.5. The van der Waals surface area contributed by atoms with Gasteiger partial charge in [-0.2, -0.15) is 0 Å². The number of nitrogens with one attached hydrogen (secondary N) is 1. The molecule has 1 aliphatic heterocycles. The van der Waals surface area contributed by atoms with Crippen molar-refractivity contribution in [3.8, 4) is 0 Å². The van der Waals surface area contributed by atoms with E-state index in [1.165, 1.54) is 0 Å². The zero-order valence-electron chi connectivity index (χ0n) is 10.9. The second-order valence-corrected chi connectivity index (χ2v) is 5.14. The van der Waals surface area contributed by atoms with Gasteiger partial charge in [-0.05, 0) is 32.4 Å². The summed E-state index contributed by atoms with van der Waals surface area (Å²) in [5.41, 5.74) is 1.04. The number of carbonyl (C=O) groups excluding carboxylic acids is 2. The first-order valence-corrected chi connectivity index (χ1v) is 5.90. The predicted molar refractivity (Wildman–Crippen MR) is 66.6 cm³/mol. The van der Waals surface area contributed by atoms with Crippen LogP contribution in [0.5, 0.6) is 0 Å². The molecule has 1 aliphatic rings. The molecule has 0 atom stereocenters. The van der Waals surface area contributed by atoms with Gasteiger partial charge in [-0.25, -0.2) is 0 Å². The number of rotatable bonds is 2. The van der Waals surface area contributed by atoms with Crippen LogP contribution in [0.3, 0.4) is 0 Å². The van der Waals surface area contributed by atoms with Crippen molar-refractivity contribution in [1.29, 1.82) is 0 Å². The van der Waals surface area contributed by atoms with Crippen LogP contribution in [0.4, 0.5) is 0 Å². The highest BCUT2D eigenvalue weighted by Crippen LogP contribution is 2.15. The minimum absolute atomic E-state index is 0.0670. The summed E-state index contributed by atoms with van der Waals surface area (Å²) in [5.74, 6) is -0.192. The van der Waals surface area contributed by atoms with E-state index in [-0.39, 0.29) is 18.4 Å². The standard InChI is InChI=1S/C13H17N3O2/c1-9-4-5-10(6-14-9)7-16-8-11(17)15-13(2,3)12(16)18/h4-6H,7-8H2,1-3H3,(H,15,17). The second kappa shape index (κ2) is 4.40. The molecule has 0 unspecified atom stereocenters. The molecule has 0 bridgehead atoms. The topological polar surface area (TPSA) is 62.3 Å². The lowest BCUT2D eigenvalue weighted by Gasteiger charge is -2.37. The largest absolute Gasteiger partial charge is 0.341 e. The van der Waals surface area contributed by atoms with Crippen LogP contribution in [0, 0.1) is 6.92 Å². The Morgan fingerprint density at radius 2 is 2.11 bits per heavy atom. The Morgan fingerprint density at radius 1 is 1.39 bits per heavy atom. The number of nitrogens with zero attached hydrogens (tertiary/aromatic N) is 2. The van der Waals surface area contributed by atoms with Crippen LogP contribution in [0.25, 0.3) is 0 Å². The lowest BCUT2D eigenvalue weighted by atomic mass is 10.00. The molecule has 2 amide bonds. The van der Waals surface area contributed by atoms with Crippen molar-refractivity contribution < 1.29 is 9.59 Å². The molecule has 1 aromatic rings. The third-order valence-corrected chi connectivity index (χ3v) is 2.95. The van der Waals surface area contributed by atoms with E-state index in [1.54, 1.807) is 24.9 Å². The number of carbonyl (C=O) groups is 2. The van der Waals surface area contributed by atoms with Crippen molar-refractivity contribution >= 4 is 11.8 Å². The number of piperazine rings is 1. The third kappa shape index (κ3) is 2.50. The van der Waals surface area contributed by atoms with Gasteiger partial charge in [0.15, 0.2) is 0 Å². The van der Waals surface area contributed by atoms with Crippen molar-refractivity contribution in [2.24, 2.45) is 0 Å². The van der Waals surface area contributed by atoms with Crippen molar-refractivity contribution in [3.05, 3.63) is 29.6 Å². The lowest BCUT2D eigenvalue weighted by Crippen LogP contribution is -2.63. The molecule has 0 saturated carbocycles. The van der Waals surface area contributed by atoms with Gasteiger partial charge in [0.1, 0.15) is 5.54 Å². The molecule has 0 radical (unpaired) electrons. The molecule has 2 heterocycles. The number of hydrogen-bond acceptors (Lipinski definition) is 3. The van der Waals surface area contributed by atoms with E-state index in [0.717, 1.165) is 11.3 Å². The van der Waals surface area contributed by atoms with E-state index < -0.39 is 5.54 Å². The van der Waals surface area contributed by atoms with Gasteiger partial charge >= 0.3 is 0 Å². The van der Waals surface area contributed by atoms with Crippen LogP contribution in [0.15, 0.2) is 18.3 Å². The molecule has 2 rings (SSSR count). The molecule has 1 N–H and O–H groups in total. The first-order valence-electron chi connectivity index (χ1n) is 5.90. The molecule has 1 aromatic heterocycles. The second-order valence-electron chi connectivity index (χ2n) is 5.14. The van der Waals surface area contributed by atoms with Gasteiger partial charge in [-0.3, -0.25) is 14.6 Å². The highest BCUT2D eigenvalue weighted by Gasteiger charge is 2.38. The maximum absolute atomic E-state index is 12.2. The summed E-state index contributed by atoms with van der Waals surface area (Å²) in [7, 11) is 0. The number of hydrogen-bond donors (Lipinski definition) is 1. The Balaban J connectivity index is 2.15. The zero-order chi connectivity index (χ0) is 13.3. The molecule has 1 saturated heterocycles. The Morgan fingerprint density at radius 3 is 2.72 bits per heavy atom. The molecule has 96 valence electrons. The Hall–Kier alpha value is -1.91. The van der Waals surface area contributed by atoms with Gasteiger partial charge in [-0.1, -0.05) is 6.07 Å². The third-order valence-electron chi connectivity index (χ3n) is 2.95. The monoisotopic (exact) mass is 247 g/mol. The number of aryl methyl sites for hydroxylation is 1. The molecule has 1 fully saturated rings. The van der Waals surface area contributed by atoms with Crippen molar-refractivity contribution in [1.82, 2.24) is 15.2 Å². The Bertz CT molecular complexity index is 480. The highest BCUT2D eigenvalue weighted by molar-refractivity contribution is 5.97. The van der Waals surface area contributed by atoms with Gasteiger partial charge < -0.3 is 10.2 Å². The van der Waals surface area contributed by atoms with Crippen molar-refractivity contribution in [3.63, 3.8) is 0 Å². The average Bonchev–Trinajstić information content (AvgIpc) is 2.28. The normalized spacial score (nSPS) is 18.7. The number of amides is 2. The molecule has 0 spiro atoms. The first-order chi connectivity index (χ1) is 8.38. The molecular formula is C13H17N3O2. The molecule has 5 nitrogen and oxygen atoms in total. The Labute approximate surface area is 106 Å². The van der Waals surface area contributed by atoms with E-state index >= 15 is 0 Å². The summed E-state index contributed by atoms with van der Waals surface area (Å²) in [6.07, 6.45) is 1.74. The van der Waals surface area contributed by atoms with Crippen molar-refractivity contribution in [2.45, 2.75) is 32.9 Å². The summed E-state index contributed by atoms with van der Waals surface area (Å²) >= 11 is 0. The van der Waals surface area contributed by atoms with Crippen LogP contribution in [-0.2, 0) is 16.1 Å². The van der Waals surface area contributed by atoms with E-state index in [4.69, 9.17) is 0 Å². The van der Waals surface area contributed by atoms with Crippen LogP contribution < -0.4 is 5.32 Å². The van der Waals surface area contributed by atoms with Crippen LogP contribution >= 0.6 is 0 Å². The lowest BCUT2D eigenvalue weighted by molar-refractivity contribution is -0.148. The SMILES string of the molecule is Cc1ccc(CN2CC(=O)NC(C)(C)C2=O)cn1. The minimum atomic E-state index is -0.826. The van der Waals surface area contributed by atoms with Crippen LogP contribution in [0.2, 0.25) is 0 Å². The van der Waals surface area contributed by atoms with E-state index in [0.29, 0.717) is 6.54 Å². The van der Waals surface area contributed by atoms with Gasteiger partial charge in [0.2, 0.25) is 11.8 Å². The Kier molecular flexibility index (Phi) is 3.07. The minimum Gasteiger partial charge on any atom is -0.341 e. The zero-order valence-corrected chi connectivity index (χ0v) is 10.9. The molecule has 0 aliphatic carbocycles. The summed E-state index contributed by atoms with van der Waals surface area (Å²) in [6, 6.07) is 3.82. The summed E-state index contributed by atoms with van der Waals surface area (Å²) in [4.78, 5) is 29.5. The van der Waals surface area contributed by atoms with Crippen molar-refractivity contribution in [2.75, 3.05) is 6.54 Å². The highest BCUT2D eigenvalue weighted by atomic mass is 16.2. The van der Waals surface area contributed by atoms with Crippen LogP contribution in [0.1, 0.15) is 25.1 Å². The molecule has 0 aromatic carbocycles. The average molecular weight is 247 g/mol. The number of pyridine rings is 1. The molecular weight excluding hydrogens is 230 g/mol. The number of aromatic nitrogens is 1. The predicted octanol–water partition coefficient (Wildman–Crippen LogP) is 0.627. The summed E-state index contributed by atoms with van der Waals surface area (Å²) < 4.78 is 0. The van der Waals surface area contributed by atoms with E-state index in [2.05, 4.69) is 10.3 Å². The summed E-state index contributed by atoms with van der Waals surface area (Å²) in [6.45, 7) is 5.87.